The Morgan fingerprint density at radius 2 is 2.04 bits per heavy atom. The Balaban J connectivity index is 1.55. The molecule has 2 aromatic heterocycles. The van der Waals surface area contributed by atoms with Crippen molar-refractivity contribution in [3.63, 3.8) is 0 Å². The summed E-state index contributed by atoms with van der Waals surface area (Å²) in [6.45, 7) is 3.00. The van der Waals surface area contributed by atoms with Gasteiger partial charge in [-0.15, -0.1) is 0 Å². The number of carbonyl (C=O) groups is 1. The minimum Gasteiger partial charge on any atom is -0.323 e. The molecule has 0 fully saturated rings. The molecule has 0 bridgehead atoms. The number of benzene rings is 1. The van der Waals surface area contributed by atoms with Crippen molar-refractivity contribution in [1.29, 1.82) is 0 Å². The molecule has 2 heterocycles. The molecule has 1 aromatic carbocycles. The number of rotatable bonds is 6. The first kappa shape index (κ1) is 18.9. The normalized spacial score (nSPS) is 10.9. The van der Waals surface area contributed by atoms with E-state index < -0.39 is 0 Å². The number of hydrogen-bond acceptors (Lipinski definition) is 3. The molecule has 0 aliphatic rings. The van der Waals surface area contributed by atoms with Gasteiger partial charge in [-0.3, -0.25) is 14.2 Å². The number of aryl methyl sites for hydroxylation is 1. The smallest absolute Gasteiger partial charge is 0.226 e. The molecule has 136 valence electrons. The molecule has 6 nitrogen and oxygen atoms in total. The molecule has 3 rings (SSSR count). The van der Waals surface area contributed by atoms with E-state index in [1.165, 1.54) is 0 Å². The van der Waals surface area contributed by atoms with Crippen LogP contribution in [-0.4, -0.2) is 25.5 Å². The average Bonchev–Trinajstić information content (AvgIpc) is 3.17. The van der Waals surface area contributed by atoms with Crippen LogP contribution in [0.15, 0.2) is 41.3 Å². The predicted molar refractivity (Wildman–Crippen MR) is 106 cm³/mol. The Morgan fingerprint density at radius 1 is 1.23 bits per heavy atom. The van der Waals surface area contributed by atoms with Crippen molar-refractivity contribution < 1.29 is 4.79 Å². The van der Waals surface area contributed by atoms with Gasteiger partial charge in [-0.2, -0.15) is 10.2 Å². The number of hydrogen-bond donors (Lipinski definition) is 1. The second-order valence-electron chi connectivity index (χ2n) is 5.77. The highest BCUT2D eigenvalue weighted by atomic mass is 79.9. The zero-order valence-corrected chi connectivity index (χ0v) is 17.0. The lowest BCUT2D eigenvalue weighted by atomic mass is 10.2. The van der Waals surface area contributed by atoms with E-state index in [0.29, 0.717) is 35.2 Å². The van der Waals surface area contributed by atoms with Crippen LogP contribution in [0.4, 0.5) is 5.69 Å². The topological polar surface area (TPSA) is 64.7 Å². The number of carbonyl (C=O) groups excluding carboxylic acids is 1. The molecule has 26 heavy (non-hydrogen) atoms. The largest absolute Gasteiger partial charge is 0.323 e. The highest BCUT2D eigenvalue weighted by molar-refractivity contribution is 9.10. The van der Waals surface area contributed by atoms with E-state index in [1.54, 1.807) is 40.1 Å². The fourth-order valence-corrected chi connectivity index (χ4v) is 3.04. The highest BCUT2D eigenvalue weighted by Gasteiger charge is 2.09. The van der Waals surface area contributed by atoms with Crippen molar-refractivity contribution in [3.05, 3.63) is 62.6 Å². The predicted octanol–water partition coefficient (Wildman–Crippen LogP) is 4.53. The Morgan fingerprint density at radius 3 is 2.73 bits per heavy atom. The van der Waals surface area contributed by atoms with Crippen LogP contribution in [-0.2, 0) is 17.9 Å². The summed E-state index contributed by atoms with van der Waals surface area (Å²) in [6, 6.07) is 5.44. The van der Waals surface area contributed by atoms with Gasteiger partial charge in [-0.25, -0.2) is 0 Å². The van der Waals surface area contributed by atoms with Crippen LogP contribution in [0.1, 0.15) is 17.7 Å². The molecule has 0 saturated carbocycles. The summed E-state index contributed by atoms with van der Waals surface area (Å²) < 4.78 is 4.45. The van der Waals surface area contributed by atoms with Gasteiger partial charge in [0.1, 0.15) is 0 Å². The SMILES string of the molecule is Cc1c(Br)cnn1CCC(=O)Nc1cnn(Cc2ccc(Cl)c(Cl)c2)c1. The van der Waals surface area contributed by atoms with Crippen molar-refractivity contribution >= 4 is 50.7 Å². The lowest BCUT2D eigenvalue weighted by molar-refractivity contribution is -0.116. The van der Waals surface area contributed by atoms with Gasteiger partial charge in [-0.05, 0) is 40.5 Å². The standard InChI is InChI=1S/C17H16BrCl2N5O/c1-11-14(18)8-22-25(11)5-4-17(26)23-13-7-21-24(10-13)9-12-2-3-15(19)16(20)6-12/h2-3,6-8,10H,4-5,9H2,1H3,(H,23,26). The molecule has 9 heteroatoms. The van der Waals surface area contributed by atoms with Crippen LogP contribution < -0.4 is 5.32 Å². The fourth-order valence-electron chi connectivity index (χ4n) is 2.42. The Bertz CT molecular complexity index is 937. The second-order valence-corrected chi connectivity index (χ2v) is 7.44. The molecule has 0 saturated heterocycles. The summed E-state index contributed by atoms with van der Waals surface area (Å²) in [4.78, 5) is 12.1. The molecule has 1 amide bonds. The van der Waals surface area contributed by atoms with Gasteiger partial charge in [0.25, 0.3) is 0 Å². The Hall–Kier alpha value is -1.83. The van der Waals surface area contributed by atoms with Gasteiger partial charge in [0.05, 0.1) is 45.7 Å². The van der Waals surface area contributed by atoms with Crippen LogP contribution in [0.5, 0.6) is 0 Å². The Kier molecular flexibility index (Phi) is 6.01. The molecule has 0 atom stereocenters. The molecule has 0 aliphatic carbocycles. The highest BCUT2D eigenvalue weighted by Crippen LogP contribution is 2.23. The maximum Gasteiger partial charge on any atom is 0.226 e. The van der Waals surface area contributed by atoms with E-state index in [9.17, 15) is 4.79 Å². The fraction of sp³-hybridized carbons (Fsp3) is 0.235. The summed E-state index contributed by atoms with van der Waals surface area (Å²) in [5.41, 5.74) is 2.61. The van der Waals surface area contributed by atoms with Crippen molar-refractivity contribution in [2.75, 3.05) is 5.32 Å². The van der Waals surface area contributed by atoms with Gasteiger partial charge in [0.15, 0.2) is 0 Å². The van der Waals surface area contributed by atoms with E-state index in [4.69, 9.17) is 23.2 Å². The summed E-state index contributed by atoms with van der Waals surface area (Å²) in [6.07, 6.45) is 5.44. The molecular formula is C17H16BrCl2N5O. The first-order valence-corrected chi connectivity index (χ1v) is 9.41. The number of anilines is 1. The lowest BCUT2D eigenvalue weighted by Crippen LogP contribution is -2.15. The van der Waals surface area contributed by atoms with Gasteiger partial charge >= 0.3 is 0 Å². The van der Waals surface area contributed by atoms with Crippen molar-refractivity contribution in [2.45, 2.75) is 26.4 Å². The number of amides is 1. The molecule has 0 radical (unpaired) electrons. The third kappa shape index (κ3) is 4.66. The number of halogens is 3. The van der Waals surface area contributed by atoms with Crippen LogP contribution >= 0.6 is 39.1 Å². The van der Waals surface area contributed by atoms with Crippen LogP contribution in [0.2, 0.25) is 10.0 Å². The van der Waals surface area contributed by atoms with Crippen LogP contribution in [0.3, 0.4) is 0 Å². The maximum atomic E-state index is 12.1. The molecule has 0 unspecified atom stereocenters. The van der Waals surface area contributed by atoms with Crippen molar-refractivity contribution in [1.82, 2.24) is 19.6 Å². The summed E-state index contributed by atoms with van der Waals surface area (Å²) >= 11 is 15.3. The summed E-state index contributed by atoms with van der Waals surface area (Å²) in [7, 11) is 0. The number of aromatic nitrogens is 4. The van der Waals surface area contributed by atoms with Crippen LogP contribution in [0.25, 0.3) is 0 Å². The minimum absolute atomic E-state index is 0.0925. The van der Waals surface area contributed by atoms with E-state index in [2.05, 4.69) is 31.4 Å². The second kappa shape index (κ2) is 8.24. The van der Waals surface area contributed by atoms with Gasteiger partial charge in [0, 0.05) is 18.3 Å². The first-order valence-electron chi connectivity index (χ1n) is 7.86. The molecule has 0 spiro atoms. The summed E-state index contributed by atoms with van der Waals surface area (Å²) in [5, 5.41) is 12.3. The molecular weight excluding hydrogens is 441 g/mol. The zero-order valence-electron chi connectivity index (χ0n) is 13.9. The van der Waals surface area contributed by atoms with E-state index in [0.717, 1.165) is 15.7 Å². The minimum atomic E-state index is -0.0925. The third-order valence-electron chi connectivity index (χ3n) is 3.84. The number of nitrogens with one attached hydrogen (secondary N) is 1. The van der Waals surface area contributed by atoms with Gasteiger partial charge in [-0.1, -0.05) is 29.3 Å². The van der Waals surface area contributed by atoms with E-state index in [1.807, 2.05) is 13.0 Å². The lowest BCUT2D eigenvalue weighted by Gasteiger charge is -2.05. The molecule has 0 aliphatic heterocycles. The average molecular weight is 457 g/mol. The Labute approximate surface area is 169 Å². The van der Waals surface area contributed by atoms with E-state index in [-0.39, 0.29) is 5.91 Å². The quantitative estimate of drug-likeness (QED) is 0.592. The zero-order chi connectivity index (χ0) is 18.7. The van der Waals surface area contributed by atoms with Gasteiger partial charge in [0.2, 0.25) is 5.91 Å². The van der Waals surface area contributed by atoms with Gasteiger partial charge < -0.3 is 5.32 Å². The summed E-state index contributed by atoms with van der Waals surface area (Å²) in [5.74, 6) is -0.0925. The van der Waals surface area contributed by atoms with Crippen molar-refractivity contribution in [3.8, 4) is 0 Å². The van der Waals surface area contributed by atoms with E-state index >= 15 is 0 Å². The molecule has 1 N–H and O–H groups in total. The van der Waals surface area contributed by atoms with Crippen molar-refractivity contribution in [2.24, 2.45) is 0 Å². The molecule has 3 aromatic rings. The third-order valence-corrected chi connectivity index (χ3v) is 5.36. The first-order chi connectivity index (χ1) is 12.4. The monoisotopic (exact) mass is 455 g/mol. The maximum absolute atomic E-state index is 12.1. The number of nitrogens with zero attached hydrogens (tertiary/aromatic N) is 4. The van der Waals surface area contributed by atoms with Crippen LogP contribution in [0, 0.1) is 6.92 Å².